The smallest absolute Gasteiger partial charge is 0.310 e. The highest BCUT2D eigenvalue weighted by Gasteiger charge is 2.30. The Morgan fingerprint density at radius 2 is 2.22 bits per heavy atom. The minimum Gasteiger partial charge on any atom is -0.466 e. The van der Waals surface area contributed by atoms with E-state index in [4.69, 9.17) is 16.3 Å². The number of carbonyl (C=O) groups is 2. The van der Waals surface area contributed by atoms with E-state index in [2.05, 4.69) is 4.98 Å². The molecule has 1 N–H and O–H groups in total. The van der Waals surface area contributed by atoms with E-state index in [9.17, 15) is 9.59 Å². The number of benzene rings is 1. The lowest BCUT2D eigenvalue weighted by atomic mass is 9.98. The van der Waals surface area contributed by atoms with Crippen molar-refractivity contribution in [1.29, 1.82) is 0 Å². The maximum absolute atomic E-state index is 12.7. The van der Waals surface area contributed by atoms with Gasteiger partial charge in [0.2, 0.25) is 0 Å². The first-order valence-electron chi connectivity index (χ1n) is 7.82. The van der Waals surface area contributed by atoms with Crippen LogP contribution in [0.2, 0.25) is 5.02 Å². The van der Waals surface area contributed by atoms with Gasteiger partial charge in [0.1, 0.15) is 5.69 Å². The molecule has 2 heterocycles. The second kappa shape index (κ2) is 6.62. The number of piperidine rings is 1. The standard InChI is InChI=1S/C17H19ClN2O3/c1-2-23-17(22)11-4-3-7-20(10-11)16(21)15-9-12-8-13(18)5-6-14(12)19-15/h5-6,8-9,11,19H,2-4,7,10H2,1H3/t11-/m0/s1. The van der Waals surface area contributed by atoms with Gasteiger partial charge >= 0.3 is 5.97 Å². The number of hydrogen-bond acceptors (Lipinski definition) is 3. The van der Waals surface area contributed by atoms with E-state index in [1.807, 2.05) is 12.1 Å². The first kappa shape index (κ1) is 15.9. The molecule has 1 atom stereocenters. The molecule has 0 saturated carbocycles. The molecule has 1 saturated heterocycles. The molecule has 0 unspecified atom stereocenters. The van der Waals surface area contributed by atoms with Crippen molar-refractivity contribution in [2.75, 3.05) is 19.7 Å². The maximum atomic E-state index is 12.7. The largest absolute Gasteiger partial charge is 0.466 e. The van der Waals surface area contributed by atoms with E-state index in [1.165, 1.54) is 0 Å². The summed E-state index contributed by atoms with van der Waals surface area (Å²) in [5.41, 5.74) is 1.39. The first-order chi connectivity index (χ1) is 11.1. The predicted molar refractivity (Wildman–Crippen MR) is 88.6 cm³/mol. The zero-order valence-corrected chi connectivity index (χ0v) is 13.7. The number of fused-ring (bicyclic) bond motifs is 1. The topological polar surface area (TPSA) is 62.4 Å². The van der Waals surface area contributed by atoms with Crippen LogP contribution < -0.4 is 0 Å². The summed E-state index contributed by atoms with van der Waals surface area (Å²) in [6.07, 6.45) is 1.58. The summed E-state index contributed by atoms with van der Waals surface area (Å²) in [7, 11) is 0. The van der Waals surface area contributed by atoms with Crippen molar-refractivity contribution >= 4 is 34.4 Å². The molecule has 6 heteroatoms. The number of aromatic nitrogens is 1. The maximum Gasteiger partial charge on any atom is 0.310 e. The van der Waals surface area contributed by atoms with Crippen molar-refractivity contribution in [2.45, 2.75) is 19.8 Å². The summed E-state index contributed by atoms with van der Waals surface area (Å²) in [5.74, 6) is -0.536. The summed E-state index contributed by atoms with van der Waals surface area (Å²) in [4.78, 5) is 29.4. The van der Waals surface area contributed by atoms with Crippen LogP contribution in [-0.4, -0.2) is 41.5 Å². The summed E-state index contributed by atoms with van der Waals surface area (Å²) in [5, 5.41) is 1.54. The third-order valence-corrected chi connectivity index (χ3v) is 4.38. The molecular weight excluding hydrogens is 316 g/mol. The molecule has 0 spiro atoms. The molecule has 1 amide bonds. The van der Waals surface area contributed by atoms with Crippen molar-refractivity contribution in [2.24, 2.45) is 5.92 Å². The van der Waals surface area contributed by atoms with Gasteiger partial charge in [0.25, 0.3) is 5.91 Å². The fraction of sp³-hybridized carbons (Fsp3) is 0.412. The zero-order chi connectivity index (χ0) is 16.4. The van der Waals surface area contributed by atoms with Crippen LogP contribution in [0.25, 0.3) is 10.9 Å². The molecule has 2 aromatic rings. The van der Waals surface area contributed by atoms with Gasteiger partial charge in [0.05, 0.1) is 12.5 Å². The Kier molecular flexibility index (Phi) is 4.57. The fourth-order valence-corrected chi connectivity index (χ4v) is 3.18. The van der Waals surface area contributed by atoms with Crippen molar-refractivity contribution < 1.29 is 14.3 Å². The number of hydrogen-bond donors (Lipinski definition) is 1. The molecule has 0 aliphatic carbocycles. The second-order valence-corrected chi connectivity index (χ2v) is 6.19. The third-order valence-electron chi connectivity index (χ3n) is 4.14. The molecule has 23 heavy (non-hydrogen) atoms. The molecular formula is C17H19ClN2O3. The average molecular weight is 335 g/mol. The van der Waals surface area contributed by atoms with E-state index in [-0.39, 0.29) is 17.8 Å². The highest BCUT2D eigenvalue weighted by molar-refractivity contribution is 6.31. The van der Waals surface area contributed by atoms with Crippen LogP contribution in [-0.2, 0) is 9.53 Å². The number of halogens is 1. The normalized spacial score (nSPS) is 18.2. The highest BCUT2D eigenvalue weighted by atomic mass is 35.5. The summed E-state index contributed by atoms with van der Waals surface area (Å²) >= 11 is 5.98. The van der Waals surface area contributed by atoms with Crippen LogP contribution in [0.5, 0.6) is 0 Å². The summed E-state index contributed by atoms with van der Waals surface area (Å²) in [6, 6.07) is 7.26. The van der Waals surface area contributed by atoms with Crippen LogP contribution in [0.4, 0.5) is 0 Å². The molecule has 122 valence electrons. The number of H-pyrrole nitrogens is 1. The van der Waals surface area contributed by atoms with Crippen molar-refractivity contribution in [1.82, 2.24) is 9.88 Å². The Labute approximate surface area is 139 Å². The van der Waals surface area contributed by atoms with E-state index in [0.29, 0.717) is 30.4 Å². The number of esters is 1. The minimum atomic E-state index is -0.230. The van der Waals surface area contributed by atoms with Gasteiger partial charge in [-0.05, 0) is 44.0 Å². The lowest BCUT2D eigenvalue weighted by Crippen LogP contribution is -2.42. The number of amides is 1. The molecule has 1 fully saturated rings. The Balaban J connectivity index is 1.77. The third kappa shape index (κ3) is 3.34. The SMILES string of the molecule is CCOC(=O)[C@H]1CCCN(C(=O)c2cc3cc(Cl)ccc3[nH]2)C1. The van der Waals surface area contributed by atoms with Gasteiger partial charge in [-0.2, -0.15) is 0 Å². The quantitative estimate of drug-likeness (QED) is 0.876. The van der Waals surface area contributed by atoms with E-state index in [1.54, 1.807) is 24.0 Å². The molecule has 1 aromatic heterocycles. The van der Waals surface area contributed by atoms with Crippen LogP contribution in [0.15, 0.2) is 24.3 Å². The number of likely N-dealkylation sites (tertiary alicyclic amines) is 1. The molecule has 1 aromatic carbocycles. The lowest BCUT2D eigenvalue weighted by molar-refractivity contribution is -0.149. The number of rotatable bonds is 3. The first-order valence-corrected chi connectivity index (χ1v) is 8.20. The highest BCUT2D eigenvalue weighted by Crippen LogP contribution is 2.23. The van der Waals surface area contributed by atoms with Gasteiger partial charge in [-0.3, -0.25) is 9.59 Å². The predicted octanol–water partition coefficient (Wildman–Crippen LogP) is 3.24. The number of ether oxygens (including phenoxy) is 1. The van der Waals surface area contributed by atoms with Gasteiger partial charge < -0.3 is 14.6 Å². The molecule has 1 aliphatic rings. The molecule has 0 radical (unpaired) electrons. The van der Waals surface area contributed by atoms with E-state index >= 15 is 0 Å². The van der Waals surface area contributed by atoms with Crippen molar-refractivity contribution in [3.05, 3.63) is 35.0 Å². The molecule has 1 aliphatic heterocycles. The minimum absolute atomic E-state index is 0.0914. The Bertz CT molecular complexity index is 741. The summed E-state index contributed by atoms with van der Waals surface area (Å²) < 4.78 is 5.08. The lowest BCUT2D eigenvalue weighted by Gasteiger charge is -2.31. The Morgan fingerprint density at radius 3 is 3.00 bits per heavy atom. The van der Waals surface area contributed by atoms with Crippen LogP contribution in [0, 0.1) is 5.92 Å². The van der Waals surface area contributed by atoms with Gasteiger partial charge in [-0.1, -0.05) is 11.6 Å². The second-order valence-electron chi connectivity index (χ2n) is 5.76. The Morgan fingerprint density at radius 1 is 1.39 bits per heavy atom. The van der Waals surface area contributed by atoms with Crippen LogP contribution in [0.3, 0.4) is 0 Å². The molecule has 0 bridgehead atoms. The van der Waals surface area contributed by atoms with Gasteiger partial charge in [0.15, 0.2) is 0 Å². The number of nitrogens with zero attached hydrogens (tertiary/aromatic N) is 1. The number of carbonyl (C=O) groups excluding carboxylic acids is 2. The zero-order valence-electron chi connectivity index (χ0n) is 13.0. The number of aromatic amines is 1. The Hall–Kier alpha value is -2.01. The van der Waals surface area contributed by atoms with Gasteiger partial charge in [-0.15, -0.1) is 0 Å². The van der Waals surface area contributed by atoms with Crippen LogP contribution >= 0.6 is 11.6 Å². The summed E-state index contributed by atoms with van der Waals surface area (Å²) in [6.45, 7) is 3.23. The van der Waals surface area contributed by atoms with Crippen LogP contribution in [0.1, 0.15) is 30.3 Å². The average Bonchev–Trinajstić information content (AvgIpc) is 2.97. The van der Waals surface area contributed by atoms with Gasteiger partial charge in [-0.25, -0.2) is 0 Å². The molecule has 3 rings (SSSR count). The van der Waals surface area contributed by atoms with Gasteiger partial charge in [0, 0.05) is 29.0 Å². The number of nitrogens with one attached hydrogen (secondary N) is 1. The van der Waals surface area contributed by atoms with Crippen molar-refractivity contribution in [3.8, 4) is 0 Å². The monoisotopic (exact) mass is 334 g/mol. The van der Waals surface area contributed by atoms with E-state index in [0.717, 1.165) is 23.7 Å². The fourth-order valence-electron chi connectivity index (χ4n) is 3.00. The molecule has 5 nitrogen and oxygen atoms in total. The van der Waals surface area contributed by atoms with E-state index < -0.39 is 0 Å². The van der Waals surface area contributed by atoms with Crippen molar-refractivity contribution in [3.63, 3.8) is 0 Å².